The quantitative estimate of drug-likeness (QED) is 0.806. The summed E-state index contributed by atoms with van der Waals surface area (Å²) in [7, 11) is 1.63. The van der Waals surface area contributed by atoms with Gasteiger partial charge in [0.1, 0.15) is 5.75 Å². The maximum Gasteiger partial charge on any atom is 0.322 e. The highest BCUT2D eigenvalue weighted by molar-refractivity contribution is 6.30. The summed E-state index contributed by atoms with van der Waals surface area (Å²) in [6.45, 7) is 1.78. The minimum atomic E-state index is -0.175. The molecule has 26 heavy (non-hydrogen) atoms. The minimum Gasteiger partial charge on any atom is -0.497 e. The average Bonchev–Trinajstić information content (AvgIpc) is 3.14. The van der Waals surface area contributed by atoms with E-state index in [2.05, 4.69) is 5.32 Å². The van der Waals surface area contributed by atoms with E-state index in [1.54, 1.807) is 24.1 Å². The number of carbonyl (C=O) groups is 1. The predicted octanol–water partition coefficient (Wildman–Crippen LogP) is 4.56. The van der Waals surface area contributed by atoms with Gasteiger partial charge >= 0.3 is 6.03 Å². The summed E-state index contributed by atoms with van der Waals surface area (Å²) in [6.07, 6.45) is 2.08. The van der Waals surface area contributed by atoms with Crippen LogP contribution in [0.2, 0.25) is 5.02 Å². The zero-order valence-electron chi connectivity index (χ0n) is 14.8. The van der Waals surface area contributed by atoms with Gasteiger partial charge in [0.2, 0.25) is 0 Å². The normalized spacial score (nSPS) is 16.3. The van der Waals surface area contributed by atoms with Crippen molar-refractivity contribution in [3.8, 4) is 5.75 Å². The van der Waals surface area contributed by atoms with E-state index in [-0.39, 0.29) is 12.1 Å². The number of methoxy groups -OCH3 is 1. The van der Waals surface area contributed by atoms with Crippen LogP contribution in [0.1, 0.15) is 18.4 Å². The smallest absolute Gasteiger partial charge is 0.322 e. The van der Waals surface area contributed by atoms with Gasteiger partial charge in [-0.2, -0.15) is 0 Å². The molecule has 1 aliphatic rings. The predicted molar refractivity (Wildman–Crippen MR) is 103 cm³/mol. The van der Waals surface area contributed by atoms with Crippen molar-refractivity contribution in [2.75, 3.05) is 25.6 Å². The molecular weight excluding hydrogens is 352 g/mol. The second kappa shape index (κ2) is 8.92. The van der Waals surface area contributed by atoms with Gasteiger partial charge < -0.3 is 19.7 Å². The van der Waals surface area contributed by atoms with Crippen LogP contribution in [0.4, 0.5) is 10.5 Å². The Labute approximate surface area is 158 Å². The van der Waals surface area contributed by atoms with Crippen molar-refractivity contribution < 1.29 is 14.3 Å². The highest BCUT2D eigenvalue weighted by Crippen LogP contribution is 2.20. The molecule has 2 amide bonds. The van der Waals surface area contributed by atoms with Crippen molar-refractivity contribution in [1.82, 2.24) is 4.90 Å². The van der Waals surface area contributed by atoms with E-state index in [1.807, 2.05) is 36.4 Å². The molecule has 1 saturated heterocycles. The number of benzene rings is 2. The molecule has 0 aromatic heterocycles. The lowest BCUT2D eigenvalue weighted by Crippen LogP contribution is -2.39. The standard InChI is InChI=1S/C20H23ClN2O3/c1-25-18-8-2-5-15(11-18)13-23(14-19-9-4-10-26-19)20(24)22-17-7-3-6-16(21)12-17/h2-3,5-8,11-12,19H,4,9-10,13-14H2,1H3,(H,22,24). The van der Waals surface area contributed by atoms with Crippen LogP contribution in [-0.2, 0) is 11.3 Å². The van der Waals surface area contributed by atoms with Crippen molar-refractivity contribution in [2.24, 2.45) is 0 Å². The van der Waals surface area contributed by atoms with Crippen molar-refractivity contribution in [2.45, 2.75) is 25.5 Å². The second-order valence-electron chi connectivity index (χ2n) is 6.31. The van der Waals surface area contributed by atoms with Gasteiger partial charge in [0.05, 0.1) is 13.2 Å². The van der Waals surface area contributed by atoms with E-state index in [0.717, 1.165) is 30.8 Å². The van der Waals surface area contributed by atoms with E-state index in [1.165, 1.54) is 0 Å². The Balaban J connectivity index is 1.73. The number of nitrogens with zero attached hydrogens (tertiary/aromatic N) is 1. The molecule has 3 rings (SSSR count). The van der Waals surface area contributed by atoms with Crippen molar-refractivity contribution >= 4 is 23.3 Å². The molecule has 0 aliphatic carbocycles. The monoisotopic (exact) mass is 374 g/mol. The zero-order chi connectivity index (χ0) is 18.4. The lowest BCUT2D eigenvalue weighted by atomic mass is 10.2. The molecule has 1 atom stereocenters. The van der Waals surface area contributed by atoms with Crippen molar-refractivity contribution in [3.63, 3.8) is 0 Å². The Morgan fingerprint density at radius 2 is 2.15 bits per heavy atom. The second-order valence-corrected chi connectivity index (χ2v) is 6.74. The number of halogens is 1. The van der Waals surface area contributed by atoms with Crippen LogP contribution >= 0.6 is 11.6 Å². The first kappa shape index (κ1) is 18.5. The van der Waals surface area contributed by atoms with Gasteiger partial charge in [-0.05, 0) is 48.7 Å². The van der Waals surface area contributed by atoms with Crippen LogP contribution in [0.25, 0.3) is 0 Å². The Kier molecular flexibility index (Phi) is 6.36. The van der Waals surface area contributed by atoms with Gasteiger partial charge in [0.25, 0.3) is 0 Å². The number of urea groups is 1. The molecule has 0 spiro atoms. The summed E-state index contributed by atoms with van der Waals surface area (Å²) in [4.78, 5) is 14.6. The molecule has 0 radical (unpaired) electrons. The third-order valence-corrected chi connectivity index (χ3v) is 4.55. The van der Waals surface area contributed by atoms with Gasteiger partial charge in [-0.1, -0.05) is 29.8 Å². The number of carbonyl (C=O) groups excluding carboxylic acids is 1. The van der Waals surface area contributed by atoms with Crippen molar-refractivity contribution in [1.29, 1.82) is 0 Å². The fraction of sp³-hybridized carbons (Fsp3) is 0.350. The molecule has 5 nitrogen and oxygen atoms in total. The number of ether oxygens (including phenoxy) is 2. The van der Waals surface area contributed by atoms with E-state index in [9.17, 15) is 4.79 Å². The van der Waals surface area contributed by atoms with E-state index < -0.39 is 0 Å². The summed E-state index contributed by atoms with van der Waals surface area (Å²) in [5.41, 5.74) is 1.68. The van der Waals surface area contributed by atoms with Crippen LogP contribution in [0.3, 0.4) is 0 Å². The summed E-state index contributed by atoms with van der Waals surface area (Å²) >= 11 is 6.01. The fourth-order valence-electron chi connectivity index (χ4n) is 3.01. The minimum absolute atomic E-state index is 0.0747. The highest BCUT2D eigenvalue weighted by Gasteiger charge is 2.23. The molecule has 0 saturated carbocycles. The van der Waals surface area contributed by atoms with E-state index in [4.69, 9.17) is 21.1 Å². The molecule has 1 aliphatic heterocycles. The topological polar surface area (TPSA) is 50.8 Å². The first-order chi connectivity index (χ1) is 12.6. The van der Waals surface area contributed by atoms with Crippen molar-refractivity contribution in [3.05, 3.63) is 59.1 Å². The number of rotatable bonds is 6. The molecule has 1 heterocycles. The van der Waals surface area contributed by atoms with Gasteiger partial charge in [-0.15, -0.1) is 0 Å². The van der Waals surface area contributed by atoms with Crippen LogP contribution in [0, 0.1) is 0 Å². The molecule has 0 bridgehead atoms. The molecule has 138 valence electrons. The number of hydrogen-bond donors (Lipinski definition) is 1. The zero-order valence-corrected chi connectivity index (χ0v) is 15.5. The Morgan fingerprint density at radius 3 is 2.88 bits per heavy atom. The number of hydrogen-bond acceptors (Lipinski definition) is 3. The lowest BCUT2D eigenvalue weighted by Gasteiger charge is -2.26. The molecule has 1 unspecified atom stereocenters. The third-order valence-electron chi connectivity index (χ3n) is 4.32. The maximum absolute atomic E-state index is 12.9. The largest absolute Gasteiger partial charge is 0.497 e. The maximum atomic E-state index is 12.9. The van der Waals surface area contributed by atoms with E-state index in [0.29, 0.717) is 23.8 Å². The number of amides is 2. The summed E-state index contributed by atoms with van der Waals surface area (Å²) in [5.74, 6) is 0.773. The van der Waals surface area contributed by atoms with Gasteiger partial charge in [0, 0.05) is 30.4 Å². The summed E-state index contributed by atoms with van der Waals surface area (Å²) in [6, 6.07) is 14.7. The number of anilines is 1. The molecule has 1 N–H and O–H groups in total. The Bertz CT molecular complexity index is 747. The number of nitrogens with one attached hydrogen (secondary N) is 1. The Morgan fingerprint density at radius 1 is 1.31 bits per heavy atom. The van der Waals surface area contributed by atoms with Crippen LogP contribution in [-0.4, -0.2) is 37.3 Å². The van der Waals surface area contributed by atoms with Crippen LogP contribution in [0.15, 0.2) is 48.5 Å². The Hall–Kier alpha value is -2.24. The van der Waals surface area contributed by atoms with E-state index >= 15 is 0 Å². The molecule has 6 heteroatoms. The van der Waals surface area contributed by atoms with Crippen LogP contribution in [0.5, 0.6) is 5.75 Å². The first-order valence-electron chi connectivity index (χ1n) is 8.70. The summed E-state index contributed by atoms with van der Waals surface area (Å²) < 4.78 is 11.0. The SMILES string of the molecule is COc1cccc(CN(CC2CCCO2)C(=O)Nc2cccc(Cl)c2)c1. The fourth-order valence-corrected chi connectivity index (χ4v) is 3.20. The average molecular weight is 375 g/mol. The molecule has 1 fully saturated rings. The molecule has 2 aromatic carbocycles. The van der Waals surface area contributed by atoms with Gasteiger partial charge in [-0.25, -0.2) is 4.79 Å². The van der Waals surface area contributed by atoms with Gasteiger partial charge in [-0.3, -0.25) is 0 Å². The lowest BCUT2D eigenvalue weighted by molar-refractivity contribution is 0.0819. The summed E-state index contributed by atoms with van der Waals surface area (Å²) in [5, 5.41) is 3.51. The van der Waals surface area contributed by atoms with Crippen LogP contribution < -0.4 is 10.1 Å². The molecule has 2 aromatic rings. The first-order valence-corrected chi connectivity index (χ1v) is 9.08. The third kappa shape index (κ3) is 5.13. The molecular formula is C20H23ClN2O3. The van der Waals surface area contributed by atoms with Gasteiger partial charge in [0.15, 0.2) is 0 Å². The highest BCUT2D eigenvalue weighted by atomic mass is 35.5.